The van der Waals surface area contributed by atoms with Crippen molar-refractivity contribution in [2.45, 2.75) is 11.8 Å². The van der Waals surface area contributed by atoms with Crippen LogP contribution in [0.3, 0.4) is 0 Å². The Hall–Kier alpha value is -1.90. The van der Waals surface area contributed by atoms with Crippen molar-refractivity contribution in [3.63, 3.8) is 0 Å². The number of amides is 1. The second-order valence-electron chi connectivity index (χ2n) is 5.68. The number of carbonyl (C=O) groups is 1. The SMILES string of the molecule is Cc1ccc(NC(=O)CNc2ccc(Br)cc2)cc1S(=O)(=O)N(C)C. The normalized spacial score (nSPS) is 11.4. The van der Waals surface area contributed by atoms with Gasteiger partial charge in [-0.3, -0.25) is 4.79 Å². The van der Waals surface area contributed by atoms with Crippen LogP contribution in [-0.4, -0.2) is 39.3 Å². The van der Waals surface area contributed by atoms with Gasteiger partial charge in [-0.1, -0.05) is 22.0 Å². The number of halogens is 1. The highest BCUT2D eigenvalue weighted by Gasteiger charge is 2.20. The lowest BCUT2D eigenvalue weighted by Gasteiger charge is -2.15. The van der Waals surface area contributed by atoms with Crippen LogP contribution in [0, 0.1) is 6.92 Å². The lowest BCUT2D eigenvalue weighted by atomic mass is 10.2. The van der Waals surface area contributed by atoms with E-state index in [1.54, 1.807) is 19.1 Å². The van der Waals surface area contributed by atoms with E-state index in [1.807, 2.05) is 24.3 Å². The van der Waals surface area contributed by atoms with Crippen LogP contribution in [0.15, 0.2) is 51.8 Å². The summed E-state index contributed by atoms with van der Waals surface area (Å²) >= 11 is 3.35. The number of nitrogens with one attached hydrogen (secondary N) is 2. The molecule has 0 saturated heterocycles. The van der Waals surface area contributed by atoms with Crippen LogP contribution in [0.4, 0.5) is 11.4 Å². The van der Waals surface area contributed by atoms with Crippen molar-refractivity contribution in [2.75, 3.05) is 31.3 Å². The largest absolute Gasteiger partial charge is 0.376 e. The summed E-state index contributed by atoms with van der Waals surface area (Å²) in [5.41, 5.74) is 1.88. The van der Waals surface area contributed by atoms with Gasteiger partial charge in [0, 0.05) is 29.9 Å². The molecule has 2 N–H and O–H groups in total. The summed E-state index contributed by atoms with van der Waals surface area (Å²) in [6, 6.07) is 12.3. The van der Waals surface area contributed by atoms with E-state index in [1.165, 1.54) is 20.2 Å². The first-order valence-electron chi connectivity index (χ1n) is 7.52. The fourth-order valence-electron chi connectivity index (χ4n) is 2.11. The summed E-state index contributed by atoms with van der Waals surface area (Å²) < 4.78 is 26.8. The molecule has 0 radical (unpaired) electrons. The van der Waals surface area contributed by atoms with Gasteiger partial charge in [-0.25, -0.2) is 12.7 Å². The Morgan fingerprint density at radius 1 is 1.08 bits per heavy atom. The van der Waals surface area contributed by atoms with Crippen LogP contribution in [-0.2, 0) is 14.8 Å². The van der Waals surface area contributed by atoms with Gasteiger partial charge in [-0.2, -0.15) is 0 Å². The fourth-order valence-corrected chi connectivity index (χ4v) is 3.52. The molecule has 0 aromatic heterocycles. The van der Waals surface area contributed by atoms with Gasteiger partial charge in [0.05, 0.1) is 11.4 Å². The molecule has 0 spiro atoms. The van der Waals surface area contributed by atoms with Crippen molar-refractivity contribution in [2.24, 2.45) is 0 Å². The van der Waals surface area contributed by atoms with Gasteiger partial charge in [0.2, 0.25) is 15.9 Å². The van der Waals surface area contributed by atoms with E-state index in [2.05, 4.69) is 26.6 Å². The minimum atomic E-state index is -3.56. The zero-order valence-corrected chi connectivity index (χ0v) is 16.6. The average Bonchev–Trinajstić information content (AvgIpc) is 2.56. The Kier molecular flexibility index (Phi) is 6.21. The van der Waals surface area contributed by atoms with Crippen molar-refractivity contribution >= 4 is 43.2 Å². The van der Waals surface area contributed by atoms with Crippen molar-refractivity contribution in [1.29, 1.82) is 0 Å². The third-order valence-corrected chi connectivity index (χ3v) is 6.01. The summed E-state index contributed by atoms with van der Waals surface area (Å²) in [6.07, 6.45) is 0. The van der Waals surface area contributed by atoms with Crippen LogP contribution in [0.1, 0.15) is 5.56 Å². The molecule has 2 rings (SSSR count). The summed E-state index contributed by atoms with van der Waals surface area (Å²) in [7, 11) is -0.615. The molecule has 0 aliphatic carbocycles. The smallest absolute Gasteiger partial charge is 0.243 e. The van der Waals surface area contributed by atoms with Crippen molar-refractivity contribution < 1.29 is 13.2 Å². The minimum Gasteiger partial charge on any atom is -0.376 e. The lowest BCUT2D eigenvalue weighted by Crippen LogP contribution is -2.24. The Labute approximate surface area is 156 Å². The van der Waals surface area contributed by atoms with Gasteiger partial charge in [0.15, 0.2) is 0 Å². The number of hydrogen-bond acceptors (Lipinski definition) is 4. The molecule has 2 aromatic carbocycles. The van der Waals surface area contributed by atoms with Gasteiger partial charge in [-0.15, -0.1) is 0 Å². The zero-order valence-electron chi connectivity index (χ0n) is 14.2. The van der Waals surface area contributed by atoms with E-state index >= 15 is 0 Å². The fraction of sp³-hybridized carbons (Fsp3) is 0.235. The van der Waals surface area contributed by atoms with E-state index in [9.17, 15) is 13.2 Å². The molecule has 0 aliphatic rings. The average molecular weight is 426 g/mol. The molecule has 0 saturated carbocycles. The predicted octanol–water partition coefficient (Wildman–Crippen LogP) is 3.06. The quantitative estimate of drug-likeness (QED) is 0.745. The van der Waals surface area contributed by atoms with Crippen LogP contribution in [0.2, 0.25) is 0 Å². The monoisotopic (exact) mass is 425 g/mol. The predicted molar refractivity (Wildman–Crippen MR) is 103 cm³/mol. The number of hydrogen-bond donors (Lipinski definition) is 2. The van der Waals surface area contributed by atoms with Gasteiger partial charge in [0.1, 0.15) is 0 Å². The molecular formula is C17H20BrN3O3S. The Bertz CT molecular complexity index is 865. The van der Waals surface area contributed by atoms with E-state index in [0.717, 1.165) is 14.5 Å². The molecule has 6 nitrogen and oxygen atoms in total. The molecular weight excluding hydrogens is 406 g/mol. The highest BCUT2D eigenvalue weighted by molar-refractivity contribution is 9.10. The van der Waals surface area contributed by atoms with Gasteiger partial charge < -0.3 is 10.6 Å². The molecule has 134 valence electrons. The number of aryl methyl sites for hydroxylation is 1. The maximum Gasteiger partial charge on any atom is 0.243 e. The van der Waals surface area contributed by atoms with Gasteiger partial charge in [-0.05, 0) is 48.9 Å². The Balaban J connectivity index is 2.07. The maximum atomic E-state index is 12.3. The number of benzene rings is 2. The molecule has 25 heavy (non-hydrogen) atoms. The molecule has 1 amide bonds. The standard InChI is InChI=1S/C17H20BrN3O3S/c1-12-4-7-15(10-16(12)25(23,24)21(2)3)20-17(22)11-19-14-8-5-13(18)6-9-14/h4-10,19H,11H2,1-3H3,(H,20,22). The van der Waals surface area contributed by atoms with Crippen LogP contribution >= 0.6 is 15.9 Å². The molecule has 0 aliphatic heterocycles. The lowest BCUT2D eigenvalue weighted by molar-refractivity contribution is -0.114. The third-order valence-electron chi connectivity index (χ3n) is 3.53. The third kappa shape index (κ3) is 5.04. The Morgan fingerprint density at radius 2 is 1.68 bits per heavy atom. The zero-order chi connectivity index (χ0) is 18.6. The number of sulfonamides is 1. The number of carbonyl (C=O) groups excluding carboxylic acids is 1. The Morgan fingerprint density at radius 3 is 2.28 bits per heavy atom. The van der Waals surface area contributed by atoms with Crippen LogP contribution < -0.4 is 10.6 Å². The van der Waals surface area contributed by atoms with E-state index in [-0.39, 0.29) is 17.3 Å². The summed E-state index contributed by atoms with van der Waals surface area (Å²) in [6.45, 7) is 1.79. The van der Waals surface area contributed by atoms with Crippen molar-refractivity contribution in [3.8, 4) is 0 Å². The molecule has 8 heteroatoms. The minimum absolute atomic E-state index is 0.0747. The van der Waals surface area contributed by atoms with E-state index in [4.69, 9.17) is 0 Å². The second kappa shape index (κ2) is 7.99. The maximum absolute atomic E-state index is 12.3. The first kappa shape index (κ1) is 19.4. The van der Waals surface area contributed by atoms with Crippen molar-refractivity contribution in [3.05, 3.63) is 52.5 Å². The summed E-state index contributed by atoms with van der Waals surface area (Å²) in [5.74, 6) is -0.264. The highest BCUT2D eigenvalue weighted by Crippen LogP contribution is 2.22. The van der Waals surface area contributed by atoms with E-state index in [0.29, 0.717) is 11.3 Å². The first-order chi connectivity index (χ1) is 11.7. The van der Waals surface area contributed by atoms with Crippen LogP contribution in [0.25, 0.3) is 0 Å². The molecule has 0 fully saturated rings. The molecule has 2 aromatic rings. The second-order valence-corrected chi connectivity index (χ2v) is 8.71. The van der Waals surface area contributed by atoms with Gasteiger partial charge in [0.25, 0.3) is 0 Å². The number of nitrogens with zero attached hydrogens (tertiary/aromatic N) is 1. The number of anilines is 2. The van der Waals surface area contributed by atoms with Crippen LogP contribution in [0.5, 0.6) is 0 Å². The highest BCUT2D eigenvalue weighted by atomic mass is 79.9. The number of rotatable bonds is 6. The van der Waals surface area contributed by atoms with Gasteiger partial charge >= 0.3 is 0 Å². The summed E-state index contributed by atoms with van der Waals surface area (Å²) in [5, 5.41) is 5.72. The molecule has 0 bridgehead atoms. The van der Waals surface area contributed by atoms with Crippen molar-refractivity contribution in [1.82, 2.24) is 4.31 Å². The first-order valence-corrected chi connectivity index (χ1v) is 9.76. The molecule has 0 atom stereocenters. The topological polar surface area (TPSA) is 78.5 Å². The van der Waals surface area contributed by atoms with E-state index < -0.39 is 10.0 Å². The summed E-state index contributed by atoms with van der Waals surface area (Å²) in [4.78, 5) is 12.3. The molecule has 0 unspecified atom stereocenters. The molecule has 0 heterocycles.